The third-order valence-electron chi connectivity index (χ3n) is 11.7. The number of aryl methyl sites for hydroxylation is 2. The summed E-state index contributed by atoms with van der Waals surface area (Å²) in [6, 6.07) is 12.2. The van der Waals surface area contributed by atoms with E-state index in [1.54, 1.807) is 20.1 Å². The Hall–Kier alpha value is -3.21. The first-order valence-corrected chi connectivity index (χ1v) is 19.7. The van der Waals surface area contributed by atoms with Crippen LogP contribution in [0.2, 0.25) is 0 Å². The van der Waals surface area contributed by atoms with Crippen molar-refractivity contribution in [3.63, 3.8) is 0 Å². The fourth-order valence-corrected chi connectivity index (χ4v) is 10.9. The molecule has 2 aromatic rings. The zero-order valence-electron chi connectivity index (χ0n) is 29.3. The molecule has 0 saturated heterocycles. The van der Waals surface area contributed by atoms with Crippen molar-refractivity contribution in [3.05, 3.63) is 70.8 Å². The molecule has 264 valence electrons. The number of rotatable bonds is 3. The Balaban J connectivity index is 1.28. The lowest BCUT2D eigenvalue weighted by molar-refractivity contribution is -0.137. The molecule has 2 saturated carbocycles. The minimum atomic E-state index is -3.47. The van der Waals surface area contributed by atoms with Crippen LogP contribution in [0.1, 0.15) is 85.8 Å². The van der Waals surface area contributed by atoms with Gasteiger partial charge >= 0.3 is 0 Å². The van der Waals surface area contributed by atoms with E-state index in [4.69, 9.17) is 9.47 Å². The number of nitrogens with zero attached hydrogens (tertiary/aromatic N) is 2. The minimum Gasteiger partial charge on any atom is -0.490 e. The molecule has 2 N–H and O–H groups in total. The summed E-state index contributed by atoms with van der Waals surface area (Å²) in [4.78, 5) is 29.5. The third kappa shape index (κ3) is 6.93. The van der Waals surface area contributed by atoms with Crippen LogP contribution in [0, 0.1) is 30.6 Å². The SMILES string of the molecule is CO[C@H]1/C=C/C[C@H](C)CS(=O)(NC(=O)C2CC(C)(O)C2)=NC(=O)c2ccc3c(c2)N(C[C@@H]2CC[C@H]21)C[C@@]1(CCCc2cc(C)ccc21)CO3. The lowest BCUT2D eigenvalue weighted by Crippen LogP contribution is -2.50. The molecule has 1 unspecified atom stereocenters. The second kappa shape index (κ2) is 13.2. The lowest BCUT2D eigenvalue weighted by Gasteiger charge is -2.46. The zero-order valence-corrected chi connectivity index (χ0v) is 30.1. The van der Waals surface area contributed by atoms with Crippen LogP contribution in [-0.4, -0.2) is 65.4 Å². The van der Waals surface area contributed by atoms with Crippen LogP contribution < -0.4 is 14.4 Å². The van der Waals surface area contributed by atoms with Gasteiger partial charge < -0.3 is 19.5 Å². The standard InChI is InChI=1S/C39H51N3O6S/c1-25-10-14-32-27(17-25)8-6-16-39(32)23-42-21-29-11-13-31(29)34(47-4)9-5-7-26(2)22-49(46,41-37(44)30-19-38(3,45)20-30)40-36(43)28-12-15-35(48-24-39)33(42)18-28/h5,9-10,12,14-15,17-18,26,29-31,34,45H,6-8,11,13,16,19-24H2,1-4H3,(H,40,41,43,44,46)/b9-5+/t26-,29-,30?,31+,34-,38?,39-,49?/m0/s1. The highest BCUT2D eigenvalue weighted by Crippen LogP contribution is 2.47. The van der Waals surface area contributed by atoms with Gasteiger partial charge in [-0.15, -0.1) is 4.36 Å². The molecule has 7 rings (SSSR count). The van der Waals surface area contributed by atoms with Crippen LogP contribution in [0.25, 0.3) is 0 Å². The summed E-state index contributed by atoms with van der Waals surface area (Å²) in [5, 5.41) is 10.2. The Bertz CT molecular complexity index is 1770. The molecule has 10 heteroatoms. The van der Waals surface area contributed by atoms with Crippen molar-refractivity contribution in [2.75, 3.05) is 37.5 Å². The molecule has 2 bridgehead atoms. The van der Waals surface area contributed by atoms with E-state index >= 15 is 0 Å². The number of ether oxygens (including phenoxy) is 2. The molecule has 2 aliphatic heterocycles. The fraction of sp³-hybridized carbons (Fsp3) is 0.590. The normalized spacial score (nSPS) is 36.5. The van der Waals surface area contributed by atoms with Crippen molar-refractivity contribution in [2.45, 2.75) is 89.3 Å². The zero-order chi connectivity index (χ0) is 34.6. The van der Waals surface area contributed by atoms with Gasteiger partial charge in [-0.2, -0.15) is 0 Å². The Morgan fingerprint density at radius 1 is 1.18 bits per heavy atom. The van der Waals surface area contributed by atoms with Gasteiger partial charge in [0.05, 0.1) is 29.8 Å². The summed E-state index contributed by atoms with van der Waals surface area (Å²) in [6.07, 6.45) is 10.7. The predicted octanol–water partition coefficient (Wildman–Crippen LogP) is 5.91. The van der Waals surface area contributed by atoms with Crippen LogP contribution in [-0.2, 0) is 31.3 Å². The monoisotopic (exact) mass is 689 g/mol. The molecule has 2 heterocycles. The van der Waals surface area contributed by atoms with E-state index in [2.05, 4.69) is 51.3 Å². The van der Waals surface area contributed by atoms with Crippen LogP contribution in [0.5, 0.6) is 5.75 Å². The van der Waals surface area contributed by atoms with Crippen molar-refractivity contribution in [3.8, 4) is 5.75 Å². The number of allylic oxidation sites excluding steroid dienone is 1. The van der Waals surface area contributed by atoms with Gasteiger partial charge in [0.25, 0.3) is 5.91 Å². The number of hydrogen-bond donors (Lipinski definition) is 2. The number of aliphatic hydroxyl groups is 1. The van der Waals surface area contributed by atoms with Crippen molar-refractivity contribution < 1.29 is 28.4 Å². The van der Waals surface area contributed by atoms with Crippen molar-refractivity contribution >= 4 is 27.4 Å². The van der Waals surface area contributed by atoms with Gasteiger partial charge in [-0.1, -0.05) is 42.8 Å². The smallest absolute Gasteiger partial charge is 0.286 e. The maximum absolute atomic E-state index is 14.4. The number of carbonyl (C=O) groups is 2. The van der Waals surface area contributed by atoms with Crippen LogP contribution >= 0.6 is 0 Å². The second-order valence-corrected chi connectivity index (χ2v) is 17.9. The largest absolute Gasteiger partial charge is 0.490 e. The summed E-state index contributed by atoms with van der Waals surface area (Å²) in [7, 11) is -1.69. The molecule has 0 radical (unpaired) electrons. The summed E-state index contributed by atoms with van der Waals surface area (Å²) in [6.45, 7) is 7.91. The summed E-state index contributed by atoms with van der Waals surface area (Å²) >= 11 is 0. The summed E-state index contributed by atoms with van der Waals surface area (Å²) in [5.74, 6) is -0.117. The molecule has 5 aliphatic rings. The number of benzene rings is 2. The highest BCUT2D eigenvalue weighted by atomic mass is 32.2. The fourth-order valence-electron chi connectivity index (χ4n) is 8.96. The van der Waals surface area contributed by atoms with E-state index in [0.717, 1.165) is 56.6 Å². The highest BCUT2D eigenvalue weighted by Gasteiger charge is 2.45. The van der Waals surface area contributed by atoms with Crippen molar-refractivity contribution in [2.24, 2.45) is 28.0 Å². The van der Waals surface area contributed by atoms with Gasteiger partial charge in [0, 0.05) is 37.1 Å². The maximum Gasteiger partial charge on any atom is 0.286 e. The summed E-state index contributed by atoms with van der Waals surface area (Å²) in [5.41, 5.74) is 4.07. The topological polar surface area (TPSA) is 118 Å². The molecule has 2 amide bonds. The number of fused-ring (bicyclic) bond motifs is 4. The third-order valence-corrected chi connectivity index (χ3v) is 13.7. The van der Waals surface area contributed by atoms with E-state index < -0.39 is 33.2 Å². The molecule has 0 aromatic heterocycles. The molecule has 9 nitrogen and oxygen atoms in total. The molecule has 49 heavy (non-hydrogen) atoms. The van der Waals surface area contributed by atoms with Crippen molar-refractivity contribution in [1.82, 2.24) is 4.72 Å². The van der Waals surface area contributed by atoms with Gasteiger partial charge in [0.15, 0.2) is 0 Å². The second-order valence-electron chi connectivity index (χ2n) is 15.9. The van der Waals surface area contributed by atoms with E-state index in [-0.39, 0.29) is 36.0 Å². The first-order chi connectivity index (χ1) is 23.4. The van der Waals surface area contributed by atoms with Crippen LogP contribution in [0.4, 0.5) is 5.69 Å². The Morgan fingerprint density at radius 3 is 2.73 bits per heavy atom. The van der Waals surface area contributed by atoms with Crippen molar-refractivity contribution in [1.29, 1.82) is 0 Å². The van der Waals surface area contributed by atoms with Gasteiger partial charge in [-0.05, 0) is 112 Å². The Kier molecular flexibility index (Phi) is 9.20. The highest BCUT2D eigenvalue weighted by molar-refractivity contribution is 7.92. The Labute approximate surface area is 291 Å². The number of anilines is 1. The number of hydrogen-bond acceptors (Lipinski definition) is 7. The predicted molar refractivity (Wildman–Crippen MR) is 191 cm³/mol. The van der Waals surface area contributed by atoms with E-state index in [0.29, 0.717) is 30.4 Å². The van der Waals surface area contributed by atoms with E-state index in [1.807, 2.05) is 19.1 Å². The van der Waals surface area contributed by atoms with Crippen LogP contribution in [0.3, 0.4) is 0 Å². The quantitative estimate of drug-likeness (QED) is 0.385. The number of carbonyl (C=O) groups excluding carboxylic acids is 2. The average Bonchev–Trinajstić information content (AvgIpc) is 3.17. The molecule has 6 atom stereocenters. The molecular weight excluding hydrogens is 639 g/mol. The van der Waals surface area contributed by atoms with Gasteiger partial charge in [0.2, 0.25) is 5.91 Å². The minimum absolute atomic E-state index is 0.0310. The van der Waals surface area contributed by atoms with Gasteiger partial charge in [0.1, 0.15) is 15.7 Å². The number of methoxy groups -OCH3 is 1. The Morgan fingerprint density at radius 2 is 2.00 bits per heavy atom. The lowest BCUT2D eigenvalue weighted by atomic mass is 9.68. The first-order valence-electron chi connectivity index (χ1n) is 18.0. The molecular formula is C39H51N3O6S. The number of nitrogens with one attached hydrogen (secondary N) is 1. The van der Waals surface area contributed by atoms with Crippen LogP contribution in [0.15, 0.2) is 52.9 Å². The molecule has 3 aliphatic carbocycles. The van der Waals surface area contributed by atoms with Gasteiger partial charge in [-0.3, -0.25) is 14.3 Å². The molecule has 1 spiro atoms. The van der Waals surface area contributed by atoms with E-state index in [1.165, 1.54) is 16.7 Å². The molecule has 2 aromatic carbocycles. The van der Waals surface area contributed by atoms with E-state index in [9.17, 15) is 18.9 Å². The number of amides is 2. The average molecular weight is 690 g/mol. The summed E-state index contributed by atoms with van der Waals surface area (Å²) < 4.78 is 34.1. The van der Waals surface area contributed by atoms with Gasteiger partial charge in [-0.25, -0.2) is 4.21 Å². The first kappa shape index (κ1) is 34.2. The molecule has 2 fully saturated rings. The maximum atomic E-state index is 14.4.